The Morgan fingerprint density at radius 1 is 0.917 bits per heavy atom. The van der Waals surface area contributed by atoms with E-state index in [1.165, 1.54) is 12.8 Å². The van der Waals surface area contributed by atoms with E-state index in [0.717, 1.165) is 12.8 Å². The van der Waals surface area contributed by atoms with Crippen LogP contribution in [0.2, 0.25) is 0 Å². The molecule has 0 bridgehead atoms. The molecule has 1 rings (SSSR count). The maximum absolute atomic E-state index is 8.57. The van der Waals surface area contributed by atoms with Gasteiger partial charge in [0.25, 0.3) is 0 Å². The van der Waals surface area contributed by atoms with Crippen molar-refractivity contribution >= 4 is 0 Å². The fourth-order valence-corrected chi connectivity index (χ4v) is 2.06. The first-order chi connectivity index (χ1) is 5.88. The zero-order chi connectivity index (χ0) is 8.81. The van der Waals surface area contributed by atoms with Crippen molar-refractivity contribution in [3.8, 4) is 12.1 Å². The summed E-state index contributed by atoms with van der Waals surface area (Å²) in [7, 11) is 0. The molecule has 0 amide bonds. The van der Waals surface area contributed by atoms with Crippen molar-refractivity contribution in [2.45, 2.75) is 38.5 Å². The van der Waals surface area contributed by atoms with Crippen LogP contribution in [0.15, 0.2) is 0 Å². The van der Waals surface area contributed by atoms with Crippen LogP contribution >= 0.6 is 0 Å². The zero-order valence-corrected chi connectivity index (χ0v) is 7.29. The van der Waals surface area contributed by atoms with Gasteiger partial charge in [0, 0.05) is 12.8 Å². The molecule has 0 unspecified atom stereocenters. The third-order valence-electron chi connectivity index (χ3n) is 2.77. The number of rotatable bonds is 2. The minimum absolute atomic E-state index is 0.503. The first kappa shape index (κ1) is 9.07. The van der Waals surface area contributed by atoms with Gasteiger partial charge in [-0.1, -0.05) is 12.8 Å². The van der Waals surface area contributed by atoms with Crippen molar-refractivity contribution < 1.29 is 0 Å². The average Bonchev–Trinajstić information content (AvgIpc) is 2.09. The molecular formula is C10H14N2. The van der Waals surface area contributed by atoms with Gasteiger partial charge < -0.3 is 0 Å². The summed E-state index contributed by atoms with van der Waals surface area (Å²) in [6.07, 6.45) is 6.08. The molecular weight excluding hydrogens is 148 g/mol. The van der Waals surface area contributed by atoms with Gasteiger partial charge in [0.15, 0.2) is 0 Å². The van der Waals surface area contributed by atoms with Gasteiger partial charge in [0.2, 0.25) is 0 Å². The molecule has 64 valence electrons. The number of nitrogens with zero attached hydrogens (tertiary/aromatic N) is 2. The zero-order valence-electron chi connectivity index (χ0n) is 7.29. The summed E-state index contributed by atoms with van der Waals surface area (Å²) < 4.78 is 0. The summed E-state index contributed by atoms with van der Waals surface area (Å²) in [6.45, 7) is 0. The Kier molecular flexibility index (Phi) is 3.61. The van der Waals surface area contributed by atoms with Crippen LogP contribution in [0.25, 0.3) is 0 Å². The lowest BCUT2D eigenvalue weighted by atomic mass is 9.76. The summed E-state index contributed by atoms with van der Waals surface area (Å²) in [5, 5.41) is 17.1. The lowest BCUT2D eigenvalue weighted by molar-refractivity contribution is 0.244. The van der Waals surface area contributed by atoms with Gasteiger partial charge in [-0.2, -0.15) is 10.5 Å². The van der Waals surface area contributed by atoms with Gasteiger partial charge in [-0.15, -0.1) is 0 Å². The molecule has 0 aromatic carbocycles. The molecule has 2 heteroatoms. The Morgan fingerprint density at radius 3 is 1.67 bits per heavy atom. The van der Waals surface area contributed by atoms with Gasteiger partial charge in [0.1, 0.15) is 0 Å². The van der Waals surface area contributed by atoms with Crippen LogP contribution in [0.1, 0.15) is 38.5 Å². The van der Waals surface area contributed by atoms with E-state index >= 15 is 0 Å². The second-order valence-corrected chi connectivity index (χ2v) is 3.53. The average molecular weight is 162 g/mol. The summed E-state index contributed by atoms with van der Waals surface area (Å²) in [6, 6.07) is 4.43. The second kappa shape index (κ2) is 4.78. The van der Waals surface area contributed by atoms with Gasteiger partial charge >= 0.3 is 0 Å². The Hall–Kier alpha value is -1.02. The maximum atomic E-state index is 8.57. The van der Waals surface area contributed by atoms with E-state index in [2.05, 4.69) is 12.1 Å². The van der Waals surface area contributed by atoms with Crippen LogP contribution in [0.4, 0.5) is 0 Å². The van der Waals surface area contributed by atoms with E-state index in [-0.39, 0.29) is 0 Å². The van der Waals surface area contributed by atoms with Crippen molar-refractivity contribution in [3.63, 3.8) is 0 Å². The van der Waals surface area contributed by atoms with E-state index in [1.54, 1.807) is 0 Å². The van der Waals surface area contributed by atoms with Crippen LogP contribution in [-0.4, -0.2) is 0 Å². The highest BCUT2D eigenvalue weighted by molar-refractivity contribution is 4.87. The molecule has 1 fully saturated rings. The molecule has 2 nitrogen and oxygen atoms in total. The van der Waals surface area contributed by atoms with E-state index in [0.29, 0.717) is 24.7 Å². The summed E-state index contributed by atoms with van der Waals surface area (Å²) in [4.78, 5) is 0. The molecule has 0 aliphatic heterocycles. The highest BCUT2D eigenvalue weighted by Crippen LogP contribution is 2.33. The number of nitriles is 2. The Labute approximate surface area is 73.8 Å². The molecule has 0 aromatic rings. The Balaban J connectivity index is 2.44. The Bertz CT molecular complexity index is 185. The van der Waals surface area contributed by atoms with Crippen LogP contribution in [0.3, 0.4) is 0 Å². The molecule has 0 N–H and O–H groups in total. The quantitative estimate of drug-likeness (QED) is 0.626. The van der Waals surface area contributed by atoms with E-state index < -0.39 is 0 Å². The standard InChI is InChI=1S/C10H14N2/c11-7-5-9-3-1-2-4-10(9)6-8-12/h9-10H,1-6H2/t9-,10+. The summed E-state index contributed by atoms with van der Waals surface area (Å²) >= 11 is 0. The number of hydrogen-bond acceptors (Lipinski definition) is 2. The van der Waals surface area contributed by atoms with Crippen LogP contribution < -0.4 is 0 Å². The molecule has 1 aliphatic carbocycles. The van der Waals surface area contributed by atoms with Crippen molar-refractivity contribution in [1.82, 2.24) is 0 Å². The van der Waals surface area contributed by atoms with Crippen molar-refractivity contribution in [3.05, 3.63) is 0 Å². The number of hydrogen-bond donors (Lipinski definition) is 0. The summed E-state index contributed by atoms with van der Waals surface area (Å²) in [5.74, 6) is 1.01. The minimum Gasteiger partial charge on any atom is -0.198 e. The van der Waals surface area contributed by atoms with Crippen molar-refractivity contribution in [1.29, 1.82) is 10.5 Å². The predicted octanol–water partition coefficient (Wildman–Crippen LogP) is 2.62. The third-order valence-corrected chi connectivity index (χ3v) is 2.77. The molecule has 0 spiro atoms. The molecule has 12 heavy (non-hydrogen) atoms. The molecule has 0 heterocycles. The highest BCUT2D eigenvalue weighted by atomic mass is 14.3. The molecule has 0 radical (unpaired) electrons. The normalized spacial score (nSPS) is 28.8. The van der Waals surface area contributed by atoms with Crippen molar-refractivity contribution in [2.24, 2.45) is 11.8 Å². The third kappa shape index (κ3) is 2.24. The molecule has 2 atom stereocenters. The SMILES string of the molecule is N#CC[C@@H]1CCCC[C@@H]1CC#N. The largest absolute Gasteiger partial charge is 0.198 e. The minimum atomic E-state index is 0.503. The van der Waals surface area contributed by atoms with E-state index in [1.807, 2.05) is 0 Å². The smallest absolute Gasteiger partial charge is 0.0624 e. The van der Waals surface area contributed by atoms with E-state index in [4.69, 9.17) is 10.5 Å². The molecule has 1 aliphatic rings. The second-order valence-electron chi connectivity index (χ2n) is 3.53. The van der Waals surface area contributed by atoms with Crippen LogP contribution in [-0.2, 0) is 0 Å². The van der Waals surface area contributed by atoms with Crippen LogP contribution in [0, 0.1) is 34.5 Å². The van der Waals surface area contributed by atoms with Gasteiger partial charge in [-0.3, -0.25) is 0 Å². The molecule has 0 saturated heterocycles. The highest BCUT2D eigenvalue weighted by Gasteiger charge is 2.24. The fourth-order valence-electron chi connectivity index (χ4n) is 2.06. The van der Waals surface area contributed by atoms with Crippen molar-refractivity contribution in [2.75, 3.05) is 0 Å². The predicted molar refractivity (Wildman–Crippen MR) is 45.9 cm³/mol. The molecule has 1 saturated carbocycles. The monoisotopic (exact) mass is 162 g/mol. The molecule has 0 aromatic heterocycles. The summed E-state index contributed by atoms with van der Waals surface area (Å²) in [5.41, 5.74) is 0. The first-order valence-corrected chi connectivity index (χ1v) is 4.62. The van der Waals surface area contributed by atoms with Crippen LogP contribution in [0.5, 0.6) is 0 Å². The van der Waals surface area contributed by atoms with Gasteiger partial charge in [-0.25, -0.2) is 0 Å². The van der Waals surface area contributed by atoms with Gasteiger partial charge in [0.05, 0.1) is 12.1 Å². The Morgan fingerprint density at radius 2 is 1.33 bits per heavy atom. The maximum Gasteiger partial charge on any atom is 0.0624 e. The van der Waals surface area contributed by atoms with Gasteiger partial charge in [-0.05, 0) is 24.7 Å². The first-order valence-electron chi connectivity index (χ1n) is 4.62. The topological polar surface area (TPSA) is 47.6 Å². The lowest BCUT2D eigenvalue weighted by Crippen LogP contribution is -2.18. The lowest BCUT2D eigenvalue weighted by Gasteiger charge is -2.27. The van der Waals surface area contributed by atoms with E-state index in [9.17, 15) is 0 Å². The fraction of sp³-hybridized carbons (Fsp3) is 0.800.